The smallest absolute Gasteiger partial charge is 0.338 e. The van der Waals surface area contributed by atoms with E-state index in [1.807, 2.05) is 19.9 Å². The van der Waals surface area contributed by atoms with Crippen molar-refractivity contribution < 1.29 is 33.4 Å². The lowest BCUT2D eigenvalue weighted by Gasteiger charge is -2.13. The van der Waals surface area contributed by atoms with Gasteiger partial charge in [0.05, 0.1) is 30.3 Å². The molecule has 0 unspecified atom stereocenters. The van der Waals surface area contributed by atoms with Crippen molar-refractivity contribution in [3.8, 4) is 11.3 Å². The second-order valence-electron chi connectivity index (χ2n) is 7.91. The summed E-state index contributed by atoms with van der Waals surface area (Å²) in [4.78, 5) is 49.7. The van der Waals surface area contributed by atoms with Crippen molar-refractivity contribution in [3.63, 3.8) is 0 Å². The Balaban J connectivity index is 1.64. The van der Waals surface area contributed by atoms with E-state index in [0.717, 1.165) is 16.0 Å². The number of imide groups is 1. The number of hydrogen-bond acceptors (Lipinski definition) is 6. The molecule has 2 aromatic carbocycles. The summed E-state index contributed by atoms with van der Waals surface area (Å²) in [7, 11) is 1.31. The SMILES string of the molecule is COC(=O)c1cc(C)c(C)cc1-c1ccc(/C=C2/CC(=O)N(c3ccc(C(=O)O)cc3)C2=O)o1. The number of hydrogen-bond donors (Lipinski definition) is 1. The second-order valence-corrected chi connectivity index (χ2v) is 7.91. The van der Waals surface area contributed by atoms with E-state index < -0.39 is 23.8 Å². The first kappa shape index (κ1) is 22.7. The highest BCUT2D eigenvalue weighted by Gasteiger charge is 2.35. The Morgan fingerprint density at radius 3 is 2.35 bits per heavy atom. The van der Waals surface area contributed by atoms with Crippen LogP contribution in [-0.4, -0.2) is 36.0 Å². The second kappa shape index (κ2) is 8.82. The Bertz CT molecular complexity index is 1360. The van der Waals surface area contributed by atoms with Crippen LogP contribution in [0.1, 0.15) is 44.0 Å². The number of carboxylic acid groups (broad SMARTS) is 1. The Hall–Kier alpha value is -4.46. The summed E-state index contributed by atoms with van der Waals surface area (Å²) in [5.74, 6) is -1.74. The maximum atomic E-state index is 12.9. The number of amides is 2. The molecule has 172 valence electrons. The third-order valence-electron chi connectivity index (χ3n) is 5.69. The minimum Gasteiger partial charge on any atom is -0.478 e. The van der Waals surface area contributed by atoms with Crippen molar-refractivity contribution >= 4 is 35.5 Å². The average molecular weight is 459 g/mol. The van der Waals surface area contributed by atoms with Gasteiger partial charge in [0.1, 0.15) is 11.5 Å². The van der Waals surface area contributed by atoms with E-state index in [1.54, 1.807) is 18.2 Å². The topological polar surface area (TPSA) is 114 Å². The molecule has 0 spiro atoms. The molecule has 1 saturated heterocycles. The van der Waals surface area contributed by atoms with Gasteiger partial charge in [0.2, 0.25) is 5.91 Å². The normalized spacial score (nSPS) is 14.7. The number of methoxy groups -OCH3 is 1. The van der Waals surface area contributed by atoms with Gasteiger partial charge in [-0.15, -0.1) is 0 Å². The van der Waals surface area contributed by atoms with Crippen molar-refractivity contribution in [2.45, 2.75) is 20.3 Å². The van der Waals surface area contributed by atoms with E-state index in [-0.39, 0.29) is 17.6 Å². The van der Waals surface area contributed by atoms with Crippen LogP contribution in [0.25, 0.3) is 17.4 Å². The average Bonchev–Trinajstić information content (AvgIpc) is 3.39. The standard InChI is InChI=1S/C26H21NO7/c1-14-10-20(21(11-15(14)2)26(32)33-3)22-9-8-19(34-22)12-17-13-23(28)27(24(17)29)18-6-4-16(5-7-18)25(30)31/h4-12H,13H2,1-3H3,(H,30,31)/b17-12-. The number of carbonyl (C=O) groups excluding carboxylic acids is 3. The highest BCUT2D eigenvalue weighted by atomic mass is 16.5. The predicted molar refractivity (Wildman–Crippen MR) is 123 cm³/mol. The molecule has 34 heavy (non-hydrogen) atoms. The zero-order valence-electron chi connectivity index (χ0n) is 18.7. The molecule has 0 atom stereocenters. The lowest BCUT2D eigenvalue weighted by molar-refractivity contribution is -0.120. The molecular formula is C26H21NO7. The molecule has 8 nitrogen and oxygen atoms in total. The van der Waals surface area contributed by atoms with Crippen LogP contribution in [0.2, 0.25) is 0 Å². The summed E-state index contributed by atoms with van der Waals surface area (Å²) < 4.78 is 10.8. The zero-order chi connectivity index (χ0) is 24.6. The van der Waals surface area contributed by atoms with E-state index in [1.165, 1.54) is 37.5 Å². The van der Waals surface area contributed by atoms with Gasteiger partial charge in [0, 0.05) is 11.1 Å². The van der Waals surface area contributed by atoms with Gasteiger partial charge in [-0.3, -0.25) is 9.59 Å². The van der Waals surface area contributed by atoms with Gasteiger partial charge in [0.15, 0.2) is 0 Å². The fourth-order valence-corrected chi connectivity index (χ4v) is 3.75. The highest BCUT2D eigenvalue weighted by Crippen LogP contribution is 2.32. The van der Waals surface area contributed by atoms with E-state index in [4.69, 9.17) is 14.3 Å². The molecule has 1 aromatic heterocycles. The van der Waals surface area contributed by atoms with Gasteiger partial charge in [-0.1, -0.05) is 0 Å². The number of carboxylic acids is 1. The predicted octanol–water partition coefficient (Wildman–Crippen LogP) is 4.40. The van der Waals surface area contributed by atoms with E-state index >= 15 is 0 Å². The fourth-order valence-electron chi connectivity index (χ4n) is 3.75. The van der Waals surface area contributed by atoms with Crippen LogP contribution in [0, 0.1) is 13.8 Å². The van der Waals surface area contributed by atoms with Crippen LogP contribution in [0.3, 0.4) is 0 Å². The maximum absolute atomic E-state index is 12.9. The molecule has 3 aromatic rings. The third-order valence-corrected chi connectivity index (χ3v) is 5.69. The summed E-state index contributed by atoms with van der Waals surface area (Å²) in [6, 6.07) is 12.4. The molecule has 0 aliphatic carbocycles. The molecule has 8 heteroatoms. The Morgan fingerprint density at radius 1 is 1.03 bits per heavy atom. The minimum absolute atomic E-state index is 0.0550. The number of rotatable bonds is 5. The summed E-state index contributed by atoms with van der Waals surface area (Å²) in [5, 5.41) is 9.03. The number of anilines is 1. The van der Waals surface area contributed by atoms with Crippen molar-refractivity contribution in [2.24, 2.45) is 0 Å². The van der Waals surface area contributed by atoms with E-state index in [2.05, 4.69) is 0 Å². The van der Waals surface area contributed by atoms with Crippen LogP contribution >= 0.6 is 0 Å². The van der Waals surface area contributed by atoms with Crippen LogP contribution in [0.5, 0.6) is 0 Å². The van der Waals surface area contributed by atoms with Crippen LogP contribution in [0.15, 0.2) is 58.5 Å². The largest absolute Gasteiger partial charge is 0.478 e. The molecule has 1 N–H and O–H groups in total. The number of furan rings is 1. The number of aryl methyl sites for hydroxylation is 2. The van der Waals surface area contributed by atoms with Crippen molar-refractivity contribution in [1.29, 1.82) is 0 Å². The molecular weight excluding hydrogens is 438 g/mol. The minimum atomic E-state index is -1.10. The molecule has 0 saturated carbocycles. The van der Waals surface area contributed by atoms with Gasteiger partial charge in [-0.2, -0.15) is 0 Å². The number of benzene rings is 2. The first-order chi connectivity index (χ1) is 16.2. The summed E-state index contributed by atoms with van der Waals surface area (Å²) in [6.07, 6.45) is 1.38. The number of nitrogens with zero attached hydrogens (tertiary/aromatic N) is 1. The molecule has 1 aliphatic rings. The third kappa shape index (κ3) is 4.13. The molecule has 0 radical (unpaired) electrons. The van der Waals surface area contributed by atoms with Gasteiger partial charge >= 0.3 is 11.9 Å². The molecule has 4 rings (SSSR count). The van der Waals surface area contributed by atoms with Gasteiger partial charge in [0.25, 0.3) is 5.91 Å². The number of esters is 1. The molecule has 2 heterocycles. The molecule has 1 fully saturated rings. The van der Waals surface area contributed by atoms with Crippen molar-refractivity contribution in [1.82, 2.24) is 0 Å². The summed E-state index contributed by atoms with van der Waals surface area (Å²) >= 11 is 0. The lowest BCUT2D eigenvalue weighted by Crippen LogP contribution is -2.28. The fraction of sp³-hybridized carbons (Fsp3) is 0.154. The monoisotopic (exact) mass is 459 g/mol. The first-order valence-corrected chi connectivity index (χ1v) is 10.4. The zero-order valence-corrected chi connectivity index (χ0v) is 18.7. The Labute approximate surface area is 195 Å². The van der Waals surface area contributed by atoms with Crippen LogP contribution in [-0.2, 0) is 14.3 Å². The van der Waals surface area contributed by atoms with Gasteiger partial charge in [-0.25, -0.2) is 14.5 Å². The maximum Gasteiger partial charge on any atom is 0.338 e. The van der Waals surface area contributed by atoms with Crippen LogP contribution < -0.4 is 4.90 Å². The lowest BCUT2D eigenvalue weighted by atomic mass is 9.98. The Morgan fingerprint density at radius 2 is 1.71 bits per heavy atom. The van der Waals surface area contributed by atoms with Crippen molar-refractivity contribution in [2.75, 3.05) is 12.0 Å². The number of aromatic carboxylic acids is 1. The molecule has 1 aliphatic heterocycles. The first-order valence-electron chi connectivity index (χ1n) is 10.4. The summed E-state index contributed by atoms with van der Waals surface area (Å²) in [5.41, 5.74) is 3.42. The highest BCUT2D eigenvalue weighted by molar-refractivity contribution is 6.29. The van der Waals surface area contributed by atoms with Crippen molar-refractivity contribution in [3.05, 3.63) is 82.1 Å². The molecule has 0 bridgehead atoms. The van der Waals surface area contributed by atoms with E-state index in [0.29, 0.717) is 28.3 Å². The van der Waals surface area contributed by atoms with Gasteiger partial charge < -0.3 is 14.3 Å². The summed E-state index contributed by atoms with van der Waals surface area (Å²) in [6.45, 7) is 3.82. The molecule has 2 amide bonds. The van der Waals surface area contributed by atoms with Crippen LogP contribution in [0.4, 0.5) is 5.69 Å². The Kier molecular flexibility index (Phi) is 5.89. The number of ether oxygens (including phenoxy) is 1. The number of carbonyl (C=O) groups is 4. The van der Waals surface area contributed by atoms with E-state index in [9.17, 15) is 19.2 Å². The van der Waals surface area contributed by atoms with Gasteiger partial charge in [-0.05, 0) is 79.6 Å². The quantitative estimate of drug-likeness (QED) is 0.342.